The van der Waals surface area contributed by atoms with Gasteiger partial charge in [-0.15, -0.1) is 0 Å². The quantitative estimate of drug-likeness (QED) is 0.617. The summed E-state index contributed by atoms with van der Waals surface area (Å²) in [5.74, 6) is 0. The smallest absolute Gasteiger partial charge is 0.0958 e. The van der Waals surface area contributed by atoms with Gasteiger partial charge in [-0.05, 0) is 26.0 Å². The van der Waals surface area contributed by atoms with Crippen LogP contribution in [0.1, 0.15) is 11.4 Å². The number of aryl methyl sites for hydroxylation is 2. The van der Waals surface area contributed by atoms with Gasteiger partial charge in [-0.2, -0.15) is 0 Å². The zero-order chi connectivity index (χ0) is 9.84. The van der Waals surface area contributed by atoms with Crippen molar-refractivity contribution >= 4 is 0 Å². The fourth-order valence-corrected chi connectivity index (χ4v) is 1.18. The van der Waals surface area contributed by atoms with Crippen LogP contribution < -0.4 is 5.43 Å². The highest BCUT2D eigenvalue weighted by Gasteiger charge is 2.03. The van der Waals surface area contributed by atoms with Gasteiger partial charge < -0.3 is 15.6 Å². The third kappa shape index (κ3) is 2.47. The molecule has 0 saturated carbocycles. The van der Waals surface area contributed by atoms with E-state index < -0.39 is 6.10 Å². The second kappa shape index (κ2) is 4.30. The largest absolute Gasteiger partial charge is 0.394 e. The summed E-state index contributed by atoms with van der Waals surface area (Å²) in [6.07, 6.45) is -0.707. The molecule has 74 valence electrons. The summed E-state index contributed by atoms with van der Waals surface area (Å²) < 4.78 is 1.89. The average Bonchev–Trinajstić information content (AvgIpc) is 2.43. The SMILES string of the molecule is Cc1ccc(C)n1NC[C@H](O)CO. The van der Waals surface area contributed by atoms with E-state index in [1.807, 2.05) is 30.7 Å². The average molecular weight is 184 g/mol. The van der Waals surface area contributed by atoms with Crippen LogP contribution >= 0.6 is 0 Å². The van der Waals surface area contributed by atoms with Crippen LogP contribution in [-0.4, -0.2) is 34.1 Å². The van der Waals surface area contributed by atoms with E-state index in [2.05, 4.69) is 5.43 Å². The summed E-state index contributed by atoms with van der Waals surface area (Å²) >= 11 is 0. The monoisotopic (exact) mass is 184 g/mol. The normalized spacial score (nSPS) is 12.9. The van der Waals surface area contributed by atoms with Crippen LogP contribution in [0.2, 0.25) is 0 Å². The molecule has 0 aliphatic heterocycles. The van der Waals surface area contributed by atoms with E-state index in [-0.39, 0.29) is 6.61 Å². The molecule has 0 amide bonds. The van der Waals surface area contributed by atoms with Crippen molar-refractivity contribution in [3.8, 4) is 0 Å². The summed E-state index contributed by atoms with van der Waals surface area (Å²) in [6, 6.07) is 3.99. The second-order valence-corrected chi connectivity index (χ2v) is 3.15. The van der Waals surface area contributed by atoms with Gasteiger partial charge in [0.1, 0.15) is 0 Å². The number of aromatic nitrogens is 1. The van der Waals surface area contributed by atoms with Gasteiger partial charge in [0.2, 0.25) is 0 Å². The molecular weight excluding hydrogens is 168 g/mol. The minimum atomic E-state index is -0.707. The molecule has 1 aromatic heterocycles. The van der Waals surface area contributed by atoms with Gasteiger partial charge in [0.05, 0.1) is 19.3 Å². The predicted molar refractivity (Wildman–Crippen MR) is 51.2 cm³/mol. The topological polar surface area (TPSA) is 57.4 Å². The molecule has 1 atom stereocenters. The molecule has 13 heavy (non-hydrogen) atoms. The lowest BCUT2D eigenvalue weighted by atomic mass is 10.4. The molecule has 4 heteroatoms. The van der Waals surface area contributed by atoms with Gasteiger partial charge >= 0.3 is 0 Å². The highest BCUT2D eigenvalue weighted by atomic mass is 16.3. The minimum Gasteiger partial charge on any atom is -0.394 e. The van der Waals surface area contributed by atoms with E-state index >= 15 is 0 Å². The van der Waals surface area contributed by atoms with Crippen molar-refractivity contribution in [2.45, 2.75) is 20.0 Å². The van der Waals surface area contributed by atoms with Crippen LogP contribution in [0.5, 0.6) is 0 Å². The molecule has 1 rings (SSSR count). The van der Waals surface area contributed by atoms with Crippen LogP contribution in [0, 0.1) is 13.8 Å². The summed E-state index contributed by atoms with van der Waals surface area (Å²) in [6.45, 7) is 4.09. The van der Waals surface area contributed by atoms with E-state index in [1.165, 1.54) is 0 Å². The predicted octanol–water partition coefficient (Wildman–Crippen LogP) is 0.00164. The van der Waals surface area contributed by atoms with Crippen LogP contribution in [0.25, 0.3) is 0 Å². The number of hydrogen-bond acceptors (Lipinski definition) is 3. The Morgan fingerprint density at radius 2 is 1.92 bits per heavy atom. The first-order chi connectivity index (χ1) is 6.15. The van der Waals surface area contributed by atoms with Crippen molar-refractivity contribution in [1.29, 1.82) is 0 Å². The molecule has 0 aliphatic carbocycles. The summed E-state index contributed by atoms with van der Waals surface area (Å²) in [7, 11) is 0. The molecule has 0 aliphatic rings. The van der Waals surface area contributed by atoms with Gasteiger partial charge in [0, 0.05) is 11.4 Å². The Labute approximate surface area is 77.8 Å². The Hall–Kier alpha value is -1.00. The van der Waals surface area contributed by atoms with Crippen molar-refractivity contribution in [3.63, 3.8) is 0 Å². The highest BCUT2D eigenvalue weighted by Crippen LogP contribution is 2.03. The fraction of sp³-hybridized carbons (Fsp3) is 0.556. The molecular formula is C9H16N2O2. The van der Waals surface area contributed by atoms with Crippen LogP contribution in [0.15, 0.2) is 12.1 Å². The molecule has 0 fully saturated rings. The lowest BCUT2D eigenvalue weighted by Crippen LogP contribution is -2.29. The molecule has 3 N–H and O–H groups in total. The van der Waals surface area contributed by atoms with Crippen molar-refractivity contribution in [2.24, 2.45) is 0 Å². The lowest BCUT2D eigenvalue weighted by molar-refractivity contribution is 0.103. The molecule has 0 bridgehead atoms. The molecule has 0 radical (unpaired) electrons. The van der Waals surface area contributed by atoms with Gasteiger partial charge in [-0.3, -0.25) is 4.68 Å². The number of aliphatic hydroxyl groups is 2. The van der Waals surface area contributed by atoms with Crippen LogP contribution in [-0.2, 0) is 0 Å². The molecule has 0 unspecified atom stereocenters. The van der Waals surface area contributed by atoms with E-state index in [9.17, 15) is 0 Å². The van der Waals surface area contributed by atoms with Gasteiger partial charge in [0.25, 0.3) is 0 Å². The van der Waals surface area contributed by atoms with E-state index in [4.69, 9.17) is 10.2 Å². The Balaban J connectivity index is 2.53. The molecule has 0 spiro atoms. The maximum atomic E-state index is 9.11. The first-order valence-electron chi connectivity index (χ1n) is 4.33. The van der Waals surface area contributed by atoms with Crippen LogP contribution in [0.4, 0.5) is 0 Å². The Kier molecular flexibility index (Phi) is 3.33. The zero-order valence-electron chi connectivity index (χ0n) is 7.99. The maximum Gasteiger partial charge on any atom is 0.0958 e. The molecule has 1 heterocycles. The molecule has 1 aromatic rings. The van der Waals surface area contributed by atoms with Gasteiger partial charge in [-0.25, -0.2) is 0 Å². The summed E-state index contributed by atoms with van der Waals surface area (Å²) in [5, 5.41) is 17.7. The van der Waals surface area contributed by atoms with Crippen LogP contribution in [0.3, 0.4) is 0 Å². The number of nitrogens with zero attached hydrogens (tertiary/aromatic N) is 1. The van der Waals surface area contributed by atoms with Crippen molar-refractivity contribution in [2.75, 3.05) is 18.6 Å². The number of nitrogens with one attached hydrogen (secondary N) is 1. The number of hydrogen-bond donors (Lipinski definition) is 3. The number of aliphatic hydroxyl groups excluding tert-OH is 2. The Morgan fingerprint density at radius 1 is 1.38 bits per heavy atom. The Bertz CT molecular complexity index is 251. The standard InChI is InChI=1S/C9H16N2O2/c1-7-3-4-8(2)11(7)10-5-9(13)6-12/h3-4,9-10,12-13H,5-6H2,1-2H3/t9-/m0/s1. The zero-order valence-corrected chi connectivity index (χ0v) is 7.99. The van der Waals surface area contributed by atoms with Crippen molar-refractivity contribution in [3.05, 3.63) is 23.5 Å². The first kappa shape index (κ1) is 10.1. The second-order valence-electron chi connectivity index (χ2n) is 3.15. The molecule has 0 saturated heterocycles. The number of rotatable bonds is 4. The van der Waals surface area contributed by atoms with Crippen molar-refractivity contribution in [1.82, 2.24) is 4.68 Å². The highest BCUT2D eigenvalue weighted by molar-refractivity contribution is 5.15. The summed E-state index contributed by atoms with van der Waals surface area (Å²) in [4.78, 5) is 0. The third-order valence-corrected chi connectivity index (χ3v) is 1.97. The van der Waals surface area contributed by atoms with E-state index in [0.717, 1.165) is 11.4 Å². The van der Waals surface area contributed by atoms with Crippen molar-refractivity contribution < 1.29 is 10.2 Å². The van der Waals surface area contributed by atoms with Gasteiger partial charge in [0.15, 0.2) is 0 Å². The van der Waals surface area contributed by atoms with Gasteiger partial charge in [-0.1, -0.05) is 0 Å². The first-order valence-corrected chi connectivity index (χ1v) is 4.33. The molecule has 4 nitrogen and oxygen atoms in total. The summed E-state index contributed by atoms with van der Waals surface area (Å²) in [5.41, 5.74) is 5.19. The van der Waals surface area contributed by atoms with E-state index in [1.54, 1.807) is 0 Å². The Morgan fingerprint density at radius 3 is 2.38 bits per heavy atom. The molecule has 0 aromatic carbocycles. The lowest BCUT2D eigenvalue weighted by Gasteiger charge is -2.14. The maximum absolute atomic E-state index is 9.11. The van der Waals surface area contributed by atoms with E-state index in [0.29, 0.717) is 6.54 Å². The minimum absolute atomic E-state index is 0.216. The fourth-order valence-electron chi connectivity index (χ4n) is 1.18. The third-order valence-electron chi connectivity index (χ3n) is 1.97.